The number of carbonyl (C=O) groups is 1. The third kappa shape index (κ3) is 5.25. The van der Waals surface area contributed by atoms with Crippen LogP contribution >= 0.6 is 11.6 Å². The van der Waals surface area contributed by atoms with Crippen LogP contribution in [0.25, 0.3) is 0 Å². The fraction of sp³-hybridized carbons (Fsp3) is 0.588. The summed E-state index contributed by atoms with van der Waals surface area (Å²) in [4.78, 5) is 14.3. The van der Waals surface area contributed by atoms with E-state index in [-0.39, 0.29) is 18.3 Å². The van der Waals surface area contributed by atoms with Crippen LogP contribution in [0.15, 0.2) is 24.3 Å². The van der Waals surface area contributed by atoms with E-state index in [9.17, 15) is 13.2 Å². The fourth-order valence-corrected chi connectivity index (χ4v) is 4.52. The Kier molecular flexibility index (Phi) is 6.26. The van der Waals surface area contributed by atoms with E-state index >= 15 is 0 Å². The Hall–Kier alpha value is -1.51. The zero-order valence-corrected chi connectivity index (χ0v) is 16.0. The van der Waals surface area contributed by atoms with Gasteiger partial charge in [-0.25, -0.2) is 4.79 Å². The highest BCUT2D eigenvalue weighted by atomic mass is 35.5. The molecule has 3 rings (SSSR count). The van der Waals surface area contributed by atoms with Gasteiger partial charge in [-0.05, 0) is 63.0 Å². The van der Waals surface area contributed by atoms with Gasteiger partial charge in [0.15, 0.2) is 0 Å². The summed E-state index contributed by atoms with van der Waals surface area (Å²) >= 11 is 5.73. The smallest absolute Gasteiger partial charge is 0.423 e. The van der Waals surface area contributed by atoms with E-state index in [4.69, 9.17) is 20.5 Å². The summed E-state index contributed by atoms with van der Waals surface area (Å²) in [5.74, 6) is 0.300. The highest BCUT2D eigenvalue weighted by molar-refractivity contribution is 7.85. The molecule has 2 aliphatic heterocycles. The van der Waals surface area contributed by atoms with Crippen molar-refractivity contribution in [3.8, 4) is 5.75 Å². The number of halogens is 1. The minimum Gasteiger partial charge on any atom is -0.448 e. The van der Waals surface area contributed by atoms with Gasteiger partial charge in [-0.2, -0.15) is 13.1 Å². The summed E-state index contributed by atoms with van der Waals surface area (Å²) < 4.78 is 35.5. The molecule has 0 bridgehead atoms. The van der Waals surface area contributed by atoms with Crippen molar-refractivity contribution >= 4 is 28.0 Å². The van der Waals surface area contributed by atoms with Gasteiger partial charge in [0.1, 0.15) is 5.75 Å². The molecule has 0 spiro atoms. The van der Waals surface area contributed by atoms with Crippen molar-refractivity contribution < 1.29 is 22.1 Å². The molecule has 9 heteroatoms. The second-order valence-electron chi connectivity index (χ2n) is 6.69. The summed E-state index contributed by atoms with van der Waals surface area (Å²) in [6, 6.07) is 6.19. The van der Waals surface area contributed by atoms with Crippen LogP contribution in [0.4, 0.5) is 4.79 Å². The predicted molar refractivity (Wildman–Crippen MR) is 97.4 cm³/mol. The van der Waals surface area contributed by atoms with Crippen molar-refractivity contribution in [3.05, 3.63) is 29.3 Å². The van der Waals surface area contributed by atoms with Gasteiger partial charge in [-0.3, -0.25) is 4.90 Å². The molecular formula is C17H23ClN2O5S. The standard InChI is InChI=1S/C17H23ClN2O5S/c18-14-6-8-15(9-7-14)25-26(22,23)19-17(21)24-12-13-4-3-11-20-10-2-1-5-16(13)20/h6-9,13,16H,1-5,10-12H2,(H,19,21)/t13-,16-/m0/s1. The zero-order valence-electron chi connectivity index (χ0n) is 14.4. The van der Waals surface area contributed by atoms with Crippen molar-refractivity contribution in [1.82, 2.24) is 9.62 Å². The van der Waals surface area contributed by atoms with E-state index in [0.717, 1.165) is 32.4 Å². The molecule has 2 heterocycles. The molecule has 0 aromatic heterocycles. The van der Waals surface area contributed by atoms with Crippen molar-refractivity contribution in [1.29, 1.82) is 0 Å². The monoisotopic (exact) mass is 402 g/mol. The van der Waals surface area contributed by atoms with Gasteiger partial charge in [-0.15, -0.1) is 0 Å². The molecule has 2 aliphatic rings. The van der Waals surface area contributed by atoms with E-state index in [1.54, 1.807) is 4.72 Å². The number of carbonyl (C=O) groups excluding carboxylic acids is 1. The highest BCUT2D eigenvalue weighted by Crippen LogP contribution is 2.31. The lowest BCUT2D eigenvalue weighted by Gasteiger charge is -2.44. The van der Waals surface area contributed by atoms with Crippen LogP contribution < -0.4 is 8.91 Å². The summed E-state index contributed by atoms with van der Waals surface area (Å²) in [5.41, 5.74) is 0. The average Bonchev–Trinajstić information content (AvgIpc) is 2.61. The first kappa shape index (κ1) is 19.3. The third-order valence-electron chi connectivity index (χ3n) is 4.89. The van der Waals surface area contributed by atoms with E-state index in [1.165, 1.54) is 37.1 Å². The Bertz CT molecular complexity index is 723. The Morgan fingerprint density at radius 3 is 2.65 bits per heavy atom. The number of hydrogen-bond donors (Lipinski definition) is 1. The molecule has 1 amide bonds. The number of rotatable bonds is 5. The number of piperidine rings is 2. The second kappa shape index (κ2) is 8.45. The van der Waals surface area contributed by atoms with Crippen LogP contribution in [-0.4, -0.2) is 45.1 Å². The van der Waals surface area contributed by atoms with Crippen molar-refractivity contribution in [2.24, 2.45) is 5.92 Å². The normalized spacial score (nSPS) is 23.7. The van der Waals surface area contributed by atoms with Gasteiger partial charge in [0.25, 0.3) is 0 Å². The van der Waals surface area contributed by atoms with Crippen molar-refractivity contribution in [3.63, 3.8) is 0 Å². The number of hydrogen-bond acceptors (Lipinski definition) is 6. The molecule has 0 aliphatic carbocycles. The summed E-state index contributed by atoms with van der Waals surface area (Å²) in [6.45, 7) is 2.40. The molecule has 2 fully saturated rings. The van der Waals surface area contributed by atoms with E-state index < -0.39 is 16.4 Å². The number of fused-ring (bicyclic) bond motifs is 1. The number of ether oxygens (including phenoxy) is 1. The first-order valence-corrected chi connectivity index (χ1v) is 10.6. The first-order valence-electron chi connectivity index (χ1n) is 8.81. The van der Waals surface area contributed by atoms with Gasteiger partial charge >= 0.3 is 16.4 Å². The second-order valence-corrected chi connectivity index (χ2v) is 8.41. The number of nitrogens with one attached hydrogen (secondary N) is 1. The van der Waals surface area contributed by atoms with Crippen LogP contribution in [-0.2, 0) is 15.0 Å². The SMILES string of the molecule is O=C(NS(=O)(=O)Oc1ccc(Cl)cc1)OC[C@@H]1CCCN2CCCC[C@@H]12. The van der Waals surface area contributed by atoms with Gasteiger partial charge in [0.2, 0.25) is 0 Å². The molecule has 1 aromatic carbocycles. The third-order valence-corrected chi connectivity index (χ3v) is 5.97. The van der Waals surface area contributed by atoms with E-state index in [2.05, 4.69) is 4.90 Å². The lowest BCUT2D eigenvalue weighted by atomic mass is 9.84. The van der Waals surface area contributed by atoms with E-state index in [0.29, 0.717) is 11.1 Å². The fourth-order valence-electron chi connectivity index (χ4n) is 3.72. The maximum absolute atomic E-state index is 11.9. The summed E-state index contributed by atoms with van der Waals surface area (Å²) in [5, 5.41) is 0.450. The molecule has 26 heavy (non-hydrogen) atoms. The predicted octanol–water partition coefficient (Wildman–Crippen LogP) is 2.95. The van der Waals surface area contributed by atoms with Crippen LogP contribution in [0.1, 0.15) is 32.1 Å². The van der Waals surface area contributed by atoms with E-state index in [1.807, 2.05) is 0 Å². The molecule has 7 nitrogen and oxygen atoms in total. The highest BCUT2D eigenvalue weighted by Gasteiger charge is 2.33. The number of benzene rings is 1. The molecular weight excluding hydrogens is 380 g/mol. The van der Waals surface area contributed by atoms with Gasteiger partial charge < -0.3 is 8.92 Å². The largest absolute Gasteiger partial charge is 0.448 e. The van der Waals surface area contributed by atoms with Crippen molar-refractivity contribution in [2.75, 3.05) is 19.7 Å². The van der Waals surface area contributed by atoms with Crippen LogP contribution in [0.3, 0.4) is 0 Å². The molecule has 0 radical (unpaired) electrons. The minimum absolute atomic E-state index is 0.0554. The quantitative estimate of drug-likeness (QED) is 0.815. The molecule has 1 aromatic rings. The topological polar surface area (TPSA) is 84.9 Å². The Labute approximate surface area is 158 Å². The van der Waals surface area contributed by atoms with Gasteiger partial charge in [0.05, 0.1) is 6.61 Å². The van der Waals surface area contributed by atoms with Gasteiger partial charge in [-0.1, -0.05) is 18.0 Å². The lowest BCUT2D eigenvalue weighted by Crippen LogP contribution is -2.49. The maximum Gasteiger partial charge on any atom is 0.423 e. The first-order chi connectivity index (χ1) is 12.4. The minimum atomic E-state index is -4.30. The number of amides is 1. The summed E-state index contributed by atoms with van der Waals surface area (Å²) in [7, 11) is -4.30. The molecule has 0 unspecified atom stereocenters. The van der Waals surface area contributed by atoms with Crippen LogP contribution in [0.5, 0.6) is 5.75 Å². The Morgan fingerprint density at radius 1 is 1.15 bits per heavy atom. The molecule has 1 N–H and O–H groups in total. The lowest BCUT2D eigenvalue weighted by molar-refractivity contribution is 0.0244. The van der Waals surface area contributed by atoms with Crippen molar-refractivity contribution in [2.45, 2.75) is 38.1 Å². The molecule has 2 saturated heterocycles. The Morgan fingerprint density at radius 2 is 1.88 bits per heavy atom. The Balaban J connectivity index is 1.49. The molecule has 2 atom stereocenters. The van der Waals surface area contributed by atoms with Crippen LogP contribution in [0.2, 0.25) is 5.02 Å². The average molecular weight is 403 g/mol. The van der Waals surface area contributed by atoms with Crippen LogP contribution in [0, 0.1) is 5.92 Å². The molecule has 0 saturated carbocycles. The maximum atomic E-state index is 11.9. The van der Waals surface area contributed by atoms with Gasteiger partial charge in [0, 0.05) is 17.0 Å². The summed E-state index contributed by atoms with van der Waals surface area (Å²) in [6.07, 6.45) is 4.55. The molecule has 144 valence electrons. The number of nitrogens with zero attached hydrogens (tertiary/aromatic N) is 1. The zero-order chi connectivity index (χ0) is 18.6.